The number of guanidine groups is 1. The molecule has 2 rings (SSSR count). The van der Waals surface area contributed by atoms with Gasteiger partial charge in [0.2, 0.25) is 0 Å². The van der Waals surface area contributed by atoms with Gasteiger partial charge in [-0.2, -0.15) is 13.2 Å². The van der Waals surface area contributed by atoms with Gasteiger partial charge in [0.05, 0.1) is 11.6 Å². The number of thiazole rings is 1. The van der Waals surface area contributed by atoms with Crippen molar-refractivity contribution in [3.63, 3.8) is 0 Å². The second-order valence-corrected chi connectivity index (χ2v) is 7.27. The van der Waals surface area contributed by atoms with E-state index in [1.54, 1.807) is 0 Å². The lowest BCUT2D eigenvalue weighted by atomic mass is 10.2. The Kier molecular flexibility index (Phi) is 8.15. The smallest absolute Gasteiger partial charge is 0.357 e. The van der Waals surface area contributed by atoms with Gasteiger partial charge in [-0.25, -0.2) is 4.98 Å². The first-order valence-electron chi connectivity index (χ1n) is 9.21. The van der Waals surface area contributed by atoms with Crippen molar-refractivity contribution in [3.05, 3.63) is 16.1 Å². The van der Waals surface area contributed by atoms with Crippen molar-refractivity contribution in [1.82, 2.24) is 20.5 Å². The Bertz CT molecular complexity index is 567. The van der Waals surface area contributed by atoms with E-state index in [1.165, 1.54) is 12.8 Å². The topological polar surface area (TPSA) is 52.6 Å². The average Bonchev–Trinajstić information content (AvgIpc) is 3.26. The zero-order chi connectivity index (χ0) is 19.0. The molecule has 2 heterocycles. The van der Waals surface area contributed by atoms with Crippen LogP contribution in [0.5, 0.6) is 0 Å². The third kappa shape index (κ3) is 6.42. The predicted molar refractivity (Wildman–Crippen MR) is 99.7 cm³/mol. The summed E-state index contributed by atoms with van der Waals surface area (Å²) in [6.45, 7) is 8.42. The first-order chi connectivity index (χ1) is 12.4. The van der Waals surface area contributed by atoms with Crippen LogP contribution in [0.1, 0.15) is 43.8 Å². The van der Waals surface area contributed by atoms with Gasteiger partial charge in [0.25, 0.3) is 0 Å². The highest BCUT2D eigenvalue weighted by Gasteiger charge is 2.33. The first-order valence-corrected chi connectivity index (χ1v) is 10.1. The van der Waals surface area contributed by atoms with E-state index in [1.807, 2.05) is 6.92 Å². The molecule has 1 unspecified atom stereocenters. The van der Waals surface area contributed by atoms with E-state index in [0.717, 1.165) is 49.3 Å². The van der Waals surface area contributed by atoms with Crippen molar-refractivity contribution >= 4 is 17.3 Å². The molecule has 0 aromatic carbocycles. The highest BCUT2D eigenvalue weighted by Crippen LogP contribution is 2.30. The molecule has 1 aliphatic rings. The largest absolute Gasteiger partial charge is 0.434 e. The number of aromatic nitrogens is 1. The third-order valence-electron chi connectivity index (χ3n) is 4.41. The fourth-order valence-corrected chi connectivity index (χ4v) is 3.80. The van der Waals surface area contributed by atoms with Crippen LogP contribution in [0.2, 0.25) is 0 Å². The molecule has 1 atom stereocenters. The molecular weight excluding hydrogens is 363 g/mol. The standard InChI is InChI=1S/C17H28F3N5S/c1-3-13(25-9-5-6-10-25)11-23-16(21-4-2)22-8-7-15-24-14(12-26-15)17(18,19)20/h12-13H,3-11H2,1-2H3,(H2,21,22,23). The molecule has 0 bridgehead atoms. The molecule has 0 saturated carbocycles. The van der Waals surface area contributed by atoms with Crippen molar-refractivity contribution in [2.75, 3.05) is 32.7 Å². The number of alkyl halides is 3. The number of nitrogens with zero attached hydrogens (tertiary/aromatic N) is 3. The van der Waals surface area contributed by atoms with Crippen molar-refractivity contribution < 1.29 is 13.2 Å². The van der Waals surface area contributed by atoms with Gasteiger partial charge in [0.1, 0.15) is 0 Å². The molecule has 1 aromatic heterocycles. The minimum Gasteiger partial charge on any atom is -0.357 e. The number of hydrogen-bond donors (Lipinski definition) is 2. The quantitative estimate of drug-likeness (QED) is 0.528. The van der Waals surface area contributed by atoms with Crippen molar-refractivity contribution in [3.8, 4) is 0 Å². The molecule has 148 valence electrons. The molecule has 5 nitrogen and oxygen atoms in total. The monoisotopic (exact) mass is 391 g/mol. The minimum absolute atomic E-state index is 0.439. The summed E-state index contributed by atoms with van der Waals surface area (Å²) < 4.78 is 37.8. The van der Waals surface area contributed by atoms with E-state index in [4.69, 9.17) is 0 Å². The maximum Gasteiger partial charge on any atom is 0.434 e. The molecule has 1 fully saturated rings. The maximum atomic E-state index is 12.6. The first kappa shape index (κ1) is 21.0. The zero-order valence-electron chi connectivity index (χ0n) is 15.4. The van der Waals surface area contributed by atoms with E-state index in [2.05, 4.69) is 32.4 Å². The summed E-state index contributed by atoms with van der Waals surface area (Å²) in [6.07, 6.45) is -0.363. The molecular formula is C17H28F3N5S. The Morgan fingerprint density at radius 2 is 2.04 bits per heavy atom. The maximum absolute atomic E-state index is 12.6. The van der Waals surface area contributed by atoms with Gasteiger partial charge >= 0.3 is 6.18 Å². The SMILES string of the molecule is CCNC(=NCC(CC)N1CCCC1)NCCc1nc(C(F)(F)F)cs1. The lowest BCUT2D eigenvalue weighted by Gasteiger charge is -2.25. The van der Waals surface area contributed by atoms with E-state index in [-0.39, 0.29) is 0 Å². The van der Waals surface area contributed by atoms with Crippen LogP contribution in [0.15, 0.2) is 10.4 Å². The summed E-state index contributed by atoms with van der Waals surface area (Å²) >= 11 is 1.04. The molecule has 1 saturated heterocycles. The van der Waals surface area contributed by atoms with Crippen LogP contribution in [0.4, 0.5) is 13.2 Å². The van der Waals surface area contributed by atoms with Crippen molar-refractivity contribution in [2.45, 2.75) is 51.7 Å². The van der Waals surface area contributed by atoms with Crippen LogP contribution >= 0.6 is 11.3 Å². The fourth-order valence-electron chi connectivity index (χ4n) is 2.99. The number of likely N-dealkylation sites (tertiary alicyclic amines) is 1. The summed E-state index contributed by atoms with van der Waals surface area (Å²) in [6, 6.07) is 0.446. The number of nitrogens with one attached hydrogen (secondary N) is 2. The van der Waals surface area contributed by atoms with Gasteiger partial charge in [-0.05, 0) is 39.3 Å². The number of rotatable bonds is 8. The predicted octanol–water partition coefficient (Wildman–Crippen LogP) is 3.13. The highest BCUT2D eigenvalue weighted by atomic mass is 32.1. The number of hydrogen-bond acceptors (Lipinski definition) is 4. The molecule has 9 heteroatoms. The Labute approximate surface area is 157 Å². The van der Waals surface area contributed by atoms with Crippen LogP contribution in [0.25, 0.3) is 0 Å². The Hall–Kier alpha value is -1.35. The zero-order valence-corrected chi connectivity index (χ0v) is 16.2. The van der Waals surface area contributed by atoms with Crippen LogP contribution in [-0.2, 0) is 12.6 Å². The lowest BCUT2D eigenvalue weighted by molar-refractivity contribution is -0.140. The van der Waals surface area contributed by atoms with Gasteiger partial charge in [-0.3, -0.25) is 9.89 Å². The van der Waals surface area contributed by atoms with Gasteiger partial charge in [0, 0.05) is 30.9 Å². The molecule has 0 spiro atoms. The fraction of sp³-hybridized carbons (Fsp3) is 0.765. The summed E-state index contributed by atoms with van der Waals surface area (Å²) in [5.41, 5.74) is -0.811. The molecule has 2 N–H and O–H groups in total. The second kappa shape index (κ2) is 10.1. The van der Waals surface area contributed by atoms with Crippen LogP contribution in [-0.4, -0.2) is 54.6 Å². The van der Waals surface area contributed by atoms with E-state index < -0.39 is 11.9 Å². The highest BCUT2D eigenvalue weighted by molar-refractivity contribution is 7.09. The minimum atomic E-state index is -4.37. The van der Waals surface area contributed by atoms with Gasteiger partial charge in [0.15, 0.2) is 11.7 Å². The lowest BCUT2D eigenvalue weighted by Crippen LogP contribution is -2.40. The number of aliphatic imine (C=N–C) groups is 1. The molecule has 26 heavy (non-hydrogen) atoms. The molecule has 1 aliphatic heterocycles. The summed E-state index contributed by atoms with van der Waals surface area (Å²) in [5, 5.41) is 7.93. The Morgan fingerprint density at radius 1 is 1.31 bits per heavy atom. The molecule has 0 amide bonds. The van der Waals surface area contributed by atoms with E-state index in [0.29, 0.717) is 30.0 Å². The Balaban J connectivity index is 1.83. The Morgan fingerprint density at radius 3 is 2.62 bits per heavy atom. The number of halogens is 3. The third-order valence-corrected chi connectivity index (χ3v) is 5.31. The van der Waals surface area contributed by atoms with Crippen LogP contribution < -0.4 is 10.6 Å². The average molecular weight is 392 g/mol. The summed E-state index contributed by atoms with van der Waals surface area (Å²) in [4.78, 5) is 10.8. The molecule has 0 aliphatic carbocycles. The van der Waals surface area contributed by atoms with Crippen molar-refractivity contribution in [1.29, 1.82) is 0 Å². The van der Waals surface area contributed by atoms with Crippen LogP contribution in [0.3, 0.4) is 0 Å². The molecule has 1 aromatic rings. The van der Waals surface area contributed by atoms with E-state index in [9.17, 15) is 13.2 Å². The van der Waals surface area contributed by atoms with Crippen molar-refractivity contribution in [2.24, 2.45) is 4.99 Å². The van der Waals surface area contributed by atoms with Gasteiger partial charge in [-0.15, -0.1) is 11.3 Å². The summed E-state index contributed by atoms with van der Waals surface area (Å²) in [7, 11) is 0. The van der Waals surface area contributed by atoms with Crippen LogP contribution in [0, 0.1) is 0 Å². The second-order valence-electron chi connectivity index (χ2n) is 6.33. The summed E-state index contributed by atoms with van der Waals surface area (Å²) in [5.74, 6) is 0.706. The molecule has 0 radical (unpaired) electrons. The van der Waals surface area contributed by atoms with E-state index >= 15 is 0 Å². The van der Waals surface area contributed by atoms with Gasteiger partial charge in [-0.1, -0.05) is 6.92 Å². The van der Waals surface area contributed by atoms with Gasteiger partial charge < -0.3 is 10.6 Å². The normalized spacial score (nSPS) is 17.5.